The van der Waals surface area contributed by atoms with Crippen LogP contribution < -0.4 is 0 Å². The summed E-state index contributed by atoms with van der Waals surface area (Å²) in [4.78, 5) is 0. The third kappa shape index (κ3) is 3.65. The monoisotopic (exact) mass is 282 g/mol. The molecule has 1 aromatic carbocycles. The Morgan fingerprint density at radius 3 is 2.10 bits per heavy atom. The summed E-state index contributed by atoms with van der Waals surface area (Å²) in [6.45, 7) is 2.15. The molecule has 0 bridgehead atoms. The Morgan fingerprint density at radius 1 is 1.00 bits per heavy atom. The molecule has 0 N–H and O–H groups in total. The van der Waals surface area contributed by atoms with Crippen LogP contribution in [0.1, 0.15) is 56.1 Å². The smallest absolute Gasteiger partial charge is 0.206 e. The van der Waals surface area contributed by atoms with Crippen LogP contribution in [0.3, 0.4) is 0 Å². The van der Waals surface area contributed by atoms with Crippen LogP contribution in [0.2, 0.25) is 0 Å². The average molecular weight is 282 g/mol. The molecule has 0 amide bonds. The molecule has 110 valence electrons. The molecule has 1 aromatic rings. The standard InChI is InChI=1S/C17H21F3/c1-2-3-12-4-6-13(7-5-12)14-8-10-15(11-9-14)16(18)17(19)20/h4-7,14-15H,2-3,8-11H2,1H3. The van der Waals surface area contributed by atoms with Crippen LogP contribution in [0.5, 0.6) is 0 Å². The van der Waals surface area contributed by atoms with Gasteiger partial charge in [-0.05, 0) is 49.1 Å². The molecule has 0 saturated heterocycles. The number of hydrogen-bond donors (Lipinski definition) is 0. The third-order valence-electron chi connectivity index (χ3n) is 4.26. The van der Waals surface area contributed by atoms with Gasteiger partial charge < -0.3 is 0 Å². The zero-order valence-electron chi connectivity index (χ0n) is 11.8. The average Bonchev–Trinajstić information content (AvgIpc) is 2.48. The molecule has 1 saturated carbocycles. The molecule has 0 unspecified atom stereocenters. The van der Waals surface area contributed by atoms with Crippen LogP contribution in [-0.2, 0) is 6.42 Å². The summed E-state index contributed by atoms with van der Waals surface area (Å²) in [5.41, 5.74) is 2.59. The second kappa shape index (κ2) is 6.96. The van der Waals surface area contributed by atoms with Crippen molar-refractivity contribution in [3.8, 4) is 0 Å². The van der Waals surface area contributed by atoms with E-state index in [1.165, 1.54) is 11.1 Å². The Balaban J connectivity index is 1.95. The largest absolute Gasteiger partial charge is 0.301 e. The highest BCUT2D eigenvalue weighted by atomic mass is 19.3. The molecule has 1 aliphatic rings. The minimum Gasteiger partial charge on any atom is -0.206 e. The lowest BCUT2D eigenvalue weighted by molar-refractivity contribution is 0.281. The van der Waals surface area contributed by atoms with Crippen LogP contribution in [0.25, 0.3) is 0 Å². The maximum Gasteiger partial charge on any atom is 0.301 e. The lowest BCUT2D eigenvalue weighted by atomic mass is 9.78. The minimum atomic E-state index is -2.14. The predicted molar refractivity (Wildman–Crippen MR) is 75.5 cm³/mol. The summed E-state index contributed by atoms with van der Waals surface area (Å²) in [6.07, 6.45) is 2.69. The Kier molecular flexibility index (Phi) is 5.27. The lowest BCUT2D eigenvalue weighted by Gasteiger charge is -2.27. The molecule has 3 heteroatoms. The van der Waals surface area contributed by atoms with Gasteiger partial charge in [0.1, 0.15) is 0 Å². The first-order valence-corrected chi connectivity index (χ1v) is 7.41. The second-order valence-electron chi connectivity index (χ2n) is 5.65. The number of hydrogen-bond acceptors (Lipinski definition) is 0. The number of aryl methyl sites for hydroxylation is 1. The summed E-state index contributed by atoms with van der Waals surface area (Å²) in [5, 5.41) is 0. The van der Waals surface area contributed by atoms with Crippen molar-refractivity contribution >= 4 is 0 Å². The van der Waals surface area contributed by atoms with Gasteiger partial charge in [0.05, 0.1) is 0 Å². The summed E-state index contributed by atoms with van der Waals surface area (Å²) in [6, 6.07) is 8.56. The normalized spacial score (nSPS) is 22.6. The van der Waals surface area contributed by atoms with Crippen molar-refractivity contribution < 1.29 is 13.2 Å². The van der Waals surface area contributed by atoms with E-state index in [0.29, 0.717) is 18.8 Å². The predicted octanol–water partition coefficient (Wildman–Crippen LogP) is 5.99. The van der Waals surface area contributed by atoms with Gasteiger partial charge in [0.25, 0.3) is 0 Å². The SMILES string of the molecule is CCCc1ccc(C2CCC(C(F)=C(F)F)CC2)cc1. The molecule has 1 aliphatic carbocycles. The van der Waals surface area contributed by atoms with Crippen molar-refractivity contribution in [2.24, 2.45) is 5.92 Å². The minimum absolute atomic E-state index is 0.386. The van der Waals surface area contributed by atoms with Gasteiger partial charge in [-0.3, -0.25) is 0 Å². The molecule has 0 aliphatic heterocycles. The number of benzene rings is 1. The lowest BCUT2D eigenvalue weighted by Crippen LogP contribution is -2.14. The van der Waals surface area contributed by atoms with Gasteiger partial charge in [0.15, 0.2) is 5.83 Å². The van der Waals surface area contributed by atoms with Crippen LogP contribution >= 0.6 is 0 Å². The number of halogens is 3. The maximum absolute atomic E-state index is 13.2. The first-order valence-electron chi connectivity index (χ1n) is 7.41. The molecule has 20 heavy (non-hydrogen) atoms. The molecule has 0 aromatic heterocycles. The first kappa shape index (κ1) is 15.1. The fourth-order valence-corrected chi connectivity index (χ4v) is 3.08. The van der Waals surface area contributed by atoms with Gasteiger partial charge in [-0.2, -0.15) is 8.78 Å². The molecule has 0 spiro atoms. The maximum atomic E-state index is 13.2. The van der Waals surface area contributed by atoms with E-state index in [1.807, 2.05) is 0 Å². The quantitative estimate of drug-likeness (QED) is 0.636. The van der Waals surface area contributed by atoms with Crippen molar-refractivity contribution in [3.05, 3.63) is 47.3 Å². The summed E-state index contributed by atoms with van der Waals surface area (Å²) >= 11 is 0. The van der Waals surface area contributed by atoms with Crippen LogP contribution in [0.15, 0.2) is 36.2 Å². The van der Waals surface area contributed by atoms with Crippen LogP contribution in [0, 0.1) is 5.92 Å². The van der Waals surface area contributed by atoms with E-state index in [4.69, 9.17) is 0 Å². The first-order chi connectivity index (χ1) is 9.61. The van der Waals surface area contributed by atoms with E-state index < -0.39 is 17.8 Å². The van der Waals surface area contributed by atoms with Gasteiger partial charge in [-0.1, -0.05) is 37.6 Å². The Morgan fingerprint density at radius 2 is 1.60 bits per heavy atom. The van der Waals surface area contributed by atoms with Gasteiger partial charge in [0, 0.05) is 5.92 Å². The zero-order chi connectivity index (χ0) is 14.5. The zero-order valence-corrected chi connectivity index (χ0v) is 11.8. The molecule has 2 rings (SSSR count). The van der Waals surface area contributed by atoms with Gasteiger partial charge in [0.2, 0.25) is 0 Å². The Hall–Kier alpha value is -1.25. The summed E-state index contributed by atoms with van der Waals surface area (Å²) < 4.78 is 37.7. The molecular formula is C17H21F3. The van der Waals surface area contributed by atoms with Gasteiger partial charge in [-0.25, -0.2) is 4.39 Å². The van der Waals surface area contributed by atoms with E-state index in [0.717, 1.165) is 25.7 Å². The molecule has 1 fully saturated rings. The highest BCUT2D eigenvalue weighted by molar-refractivity contribution is 5.26. The highest BCUT2D eigenvalue weighted by Gasteiger charge is 2.27. The van der Waals surface area contributed by atoms with Crippen LogP contribution in [0.4, 0.5) is 13.2 Å². The third-order valence-corrected chi connectivity index (χ3v) is 4.26. The molecule has 0 heterocycles. The Labute approximate surface area is 118 Å². The highest BCUT2D eigenvalue weighted by Crippen LogP contribution is 2.40. The van der Waals surface area contributed by atoms with E-state index in [9.17, 15) is 13.2 Å². The van der Waals surface area contributed by atoms with Crippen molar-refractivity contribution in [3.63, 3.8) is 0 Å². The topological polar surface area (TPSA) is 0 Å². The van der Waals surface area contributed by atoms with Crippen molar-refractivity contribution in [1.29, 1.82) is 0 Å². The second-order valence-corrected chi connectivity index (χ2v) is 5.65. The number of allylic oxidation sites excluding steroid dienone is 1. The van der Waals surface area contributed by atoms with Crippen molar-refractivity contribution in [1.82, 2.24) is 0 Å². The van der Waals surface area contributed by atoms with Crippen molar-refractivity contribution in [2.75, 3.05) is 0 Å². The fraction of sp³-hybridized carbons (Fsp3) is 0.529. The molecule has 0 nitrogen and oxygen atoms in total. The number of rotatable bonds is 4. The van der Waals surface area contributed by atoms with Gasteiger partial charge in [-0.15, -0.1) is 0 Å². The van der Waals surface area contributed by atoms with E-state index in [-0.39, 0.29) is 0 Å². The van der Waals surface area contributed by atoms with E-state index in [1.54, 1.807) is 0 Å². The summed E-state index contributed by atoms with van der Waals surface area (Å²) in [7, 11) is 0. The van der Waals surface area contributed by atoms with Crippen molar-refractivity contribution in [2.45, 2.75) is 51.4 Å². The molecule has 0 radical (unpaired) electrons. The molecular weight excluding hydrogens is 261 g/mol. The summed E-state index contributed by atoms with van der Waals surface area (Å²) in [5.74, 6) is -1.38. The Bertz CT molecular complexity index is 450. The van der Waals surface area contributed by atoms with Crippen LogP contribution in [-0.4, -0.2) is 0 Å². The van der Waals surface area contributed by atoms with Gasteiger partial charge >= 0.3 is 6.08 Å². The van der Waals surface area contributed by atoms with E-state index >= 15 is 0 Å². The molecule has 0 atom stereocenters. The van der Waals surface area contributed by atoms with E-state index in [2.05, 4.69) is 31.2 Å². The fourth-order valence-electron chi connectivity index (χ4n) is 3.08.